The van der Waals surface area contributed by atoms with Crippen molar-refractivity contribution in [3.05, 3.63) is 35.9 Å². The Hall–Kier alpha value is -1.37. The fraction of sp³-hybridized carbons (Fsp3) is 0.533. The normalized spacial score (nSPS) is 13.6. The molecule has 0 aromatic heterocycles. The van der Waals surface area contributed by atoms with Gasteiger partial charge in [-0.05, 0) is 18.4 Å². The average Bonchev–Trinajstić information content (AvgIpc) is 2.49. The summed E-state index contributed by atoms with van der Waals surface area (Å²) in [6.45, 7) is 0.764. The predicted octanol–water partition coefficient (Wildman–Crippen LogP) is 1.58. The monoisotopic (exact) mass is 292 g/mol. The first kappa shape index (κ1) is 17.7. The SMILES string of the molecule is NC(CCCC[B]O)(CCOCc1ccccc1)C(=O)O. The minimum atomic E-state index is -1.26. The van der Waals surface area contributed by atoms with Gasteiger partial charge < -0.3 is 20.6 Å². The molecule has 1 aromatic carbocycles. The number of benzene rings is 1. The van der Waals surface area contributed by atoms with E-state index >= 15 is 0 Å². The van der Waals surface area contributed by atoms with E-state index < -0.39 is 11.5 Å². The van der Waals surface area contributed by atoms with E-state index in [0.717, 1.165) is 19.5 Å². The van der Waals surface area contributed by atoms with Crippen molar-refractivity contribution >= 4 is 13.5 Å². The van der Waals surface area contributed by atoms with E-state index in [9.17, 15) is 9.90 Å². The van der Waals surface area contributed by atoms with Crippen LogP contribution in [-0.2, 0) is 16.1 Å². The number of hydrogen-bond acceptors (Lipinski definition) is 4. The van der Waals surface area contributed by atoms with E-state index in [1.165, 1.54) is 0 Å². The third kappa shape index (κ3) is 6.75. The highest BCUT2D eigenvalue weighted by molar-refractivity contribution is 6.25. The Kier molecular flexibility index (Phi) is 8.04. The van der Waals surface area contributed by atoms with Crippen LogP contribution in [-0.4, -0.2) is 35.7 Å². The molecule has 0 aliphatic carbocycles. The summed E-state index contributed by atoms with van der Waals surface area (Å²) >= 11 is 0. The Labute approximate surface area is 126 Å². The summed E-state index contributed by atoms with van der Waals surface area (Å²) in [4.78, 5) is 11.3. The van der Waals surface area contributed by atoms with Crippen LogP contribution in [0.2, 0.25) is 6.32 Å². The lowest BCUT2D eigenvalue weighted by molar-refractivity contribution is -0.144. The van der Waals surface area contributed by atoms with Crippen LogP contribution in [0.3, 0.4) is 0 Å². The molecule has 1 rings (SSSR count). The van der Waals surface area contributed by atoms with Crippen molar-refractivity contribution in [1.29, 1.82) is 0 Å². The Bertz CT molecular complexity index is 415. The zero-order chi connectivity index (χ0) is 15.6. The van der Waals surface area contributed by atoms with Crippen molar-refractivity contribution in [3.63, 3.8) is 0 Å². The van der Waals surface area contributed by atoms with Crippen molar-refractivity contribution in [3.8, 4) is 0 Å². The van der Waals surface area contributed by atoms with Crippen LogP contribution in [0.5, 0.6) is 0 Å². The van der Waals surface area contributed by atoms with Gasteiger partial charge in [0.1, 0.15) is 5.54 Å². The summed E-state index contributed by atoms with van der Waals surface area (Å²) < 4.78 is 5.50. The van der Waals surface area contributed by atoms with Gasteiger partial charge in [-0.2, -0.15) is 0 Å². The van der Waals surface area contributed by atoms with Gasteiger partial charge in [0.25, 0.3) is 7.48 Å². The molecule has 0 saturated carbocycles. The molecule has 0 bridgehead atoms. The van der Waals surface area contributed by atoms with Crippen LogP contribution in [0.1, 0.15) is 31.2 Å². The highest BCUT2D eigenvalue weighted by Crippen LogP contribution is 2.17. The molecule has 21 heavy (non-hydrogen) atoms. The van der Waals surface area contributed by atoms with E-state index in [1.807, 2.05) is 30.3 Å². The summed E-state index contributed by atoms with van der Waals surface area (Å²) in [6.07, 6.45) is 2.61. The first-order valence-electron chi connectivity index (χ1n) is 7.18. The van der Waals surface area contributed by atoms with Gasteiger partial charge in [0, 0.05) is 6.61 Å². The second-order valence-electron chi connectivity index (χ2n) is 5.18. The lowest BCUT2D eigenvalue weighted by atomic mass is 9.86. The second-order valence-corrected chi connectivity index (χ2v) is 5.18. The van der Waals surface area contributed by atoms with Gasteiger partial charge in [-0.15, -0.1) is 0 Å². The molecule has 1 unspecified atom stereocenters. The van der Waals surface area contributed by atoms with E-state index in [-0.39, 0.29) is 6.42 Å². The highest BCUT2D eigenvalue weighted by Gasteiger charge is 2.32. The fourth-order valence-corrected chi connectivity index (χ4v) is 2.03. The zero-order valence-corrected chi connectivity index (χ0v) is 12.2. The number of hydrogen-bond donors (Lipinski definition) is 3. The Morgan fingerprint density at radius 1 is 1.24 bits per heavy atom. The molecular weight excluding hydrogens is 269 g/mol. The standard InChI is InChI=1S/C15H23BNO4/c17-15(14(18)19,8-4-5-10-16-20)9-11-21-12-13-6-2-1-3-7-13/h1-3,6-7,20H,4-5,8-12,17H2,(H,18,19). The first-order valence-corrected chi connectivity index (χ1v) is 7.18. The number of nitrogens with two attached hydrogens (primary N) is 1. The maximum Gasteiger partial charge on any atom is 0.323 e. The van der Waals surface area contributed by atoms with E-state index in [2.05, 4.69) is 0 Å². The molecule has 0 saturated heterocycles. The van der Waals surface area contributed by atoms with Crippen LogP contribution in [0.25, 0.3) is 0 Å². The molecule has 0 amide bonds. The maximum absolute atomic E-state index is 11.3. The highest BCUT2D eigenvalue weighted by atomic mass is 16.5. The topological polar surface area (TPSA) is 92.8 Å². The fourth-order valence-electron chi connectivity index (χ4n) is 2.03. The van der Waals surface area contributed by atoms with Crippen molar-refractivity contribution in [2.75, 3.05) is 6.61 Å². The largest absolute Gasteiger partial charge is 0.480 e. The minimum Gasteiger partial charge on any atom is -0.480 e. The number of aliphatic carboxylic acids is 1. The molecule has 115 valence electrons. The predicted molar refractivity (Wildman–Crippen MR) is 81.9 cm³/mol. The molecule has 0 aliphatic heterocycles. The van der Waals surface area contributed by atoms with E-state index in [4.69, 9.17) is 15.5 Å². The number of carboxylic acid groups (broad SMARTS) is 1. The molecule has 0 fully saturated rings. The van der Waals surface area contributed by atoms with Crippen LogP contribution >= 0.6 is 0 Å². The van der Waals surface area contributed by atoms with Crippen molar-refractivity contribution < 1.29 is 19.7 Å². The number of carboxylic acids is 1. The molecule has 0 heterocycles. The summed E-state index contributed by atoms with van der Waals surface area (Å²) in [7, 11) is 1.09. The molecule has 1 radical (unpaired) electrons. The van der Waals surface area contributed by atoms with Gasteiger partial charge in [0.15, 0.2) is 0 Å². The lowest BCUT2D eigenvalue weighted by Crippen LogP contribution is -2.48. The van der Waals surface area contributed by atoms with Gasteiger partial charge in [0.05, 0.1) is 6.61 Å². The summed E-state index contributed by atoms with van der Waals surface area (Å²) in [6, 6.07) is 9.71. The van der Waals surface area contributed by atoms with Crippen molar-refractivity contribution in [2.24, 2.45) is 5.73 Å². The quantitative estimate of drug-likeness (QED) is 0.425. The Balaban J connectivity index is 2.31. The molecule has 0 aliphatic rings. The molecule has 1 aromatic rings. The maximum atomic E-state index is 11.3. The second kappa shape index (κ2) is 9.55. The van der Waals surface area contributed by atoms with Gasteiger partial charge in [-0.25, -0.2) is 0 Å². The van der Waals surface area contributed by atoms with Crippen LogP contribution in [0.4, 0.5) is 0 Å². The number of carbonyl (C=O) groups is 1. The summed E-state index contributed by atoms with van der Waals surface area (Å²) in [5.74, 6) is -1.00. The van der Waals surface area contributed by atoms with Crippen molar-refractivity contribution in [2.45, 2.75) is 44.1 Å². The van der Waals surface area contributed by atoms with E-state index in [0.29, 0.717) is 32.4 Å². The minimum absolute atomic E-state index is 0.276. The molecule has 5 nitrogen and oxygen atoms in total. The third-order valence-corrected chi connectivity index (χ3v) is 3.44. The summed E-state index contributed by atoms with van der Waals surface area (Å²) in [5, 5.41) is 17.9. The molecule has 1 atom stereocenters. The molecular formula is C15H23BNO4. The summed E-state index contributed by atoms with van der Waals surface area (Å²) in [5.41, 5.74) is 5.74. The van der Waals surface area contributed by atoms with Crippen LogP contribution < -0.4 is 5.73 Å². The number of unbranched alkanes of at least 4 members (excludes halogenated alkanes) is 1. The van der Waals surface area contributed by atoms with Gasteiger partial charge in [0.2, 0.25) is 0 Å². The van der Waals surface area contributed by atoms with Gasteiger partial charge in [-0.1, -0.05) is 49.5 Å². The Morgan fingerprint density at radius 3 is 2.57 bits per heavy atom. The average molecular weight is 292 g/mol. The van der Waals surface area contributed by atoms with Crippen molar-refractivity contribution in [1.82, 2.24) is 0 Å². The molecule has 4 N–H and O–H groups in total. The lowest BCUT2D eigenvalue weighted by Gasteiger charge is -2.24. The van der Waals surface area contributed by atoms with Gasteiger partial charge in [-0.3, -0.25) is 4.79 Å². The van der Waals surface area contributed by atoms with E-state index in [1.54, 1.807) is 0 Å². The zero-order valence-electron chi connectivity index (χ0n) is 12.2. The van der Waals surface area contributed by atoms with Crippen LogP contribution in [0, 0.1) is 0 Å². The third-order valence-electron chi connectivity index (χ3n) is 3.44. The number of rotatable bonds is 11. The smallest absolute Gasteiger partial charge is 0.323 e. The molecule has 6 heteroatoms. The Morgan fingerprint density at radius 2 is 1.95 bits per heavy atom. The molecule has 0 spiro atoms. The van der Waals surface area contributed by atoms with Gasteiger partial charge >= 0.3 is 5.97 Å². The number of ether oxygens (including phenoxy) is 1. The van der Waals surface area contributed by atoms with Crippen LogP contribution in [0.15, 0.2) is 30.3 Å². The first-order chi connectivity index (χ1) is 10.1.